The van der Waals surface area contributed by atoms with Gasteiger partial charge in [-0.25, -0.2) is 0 Å². The lowest BCUT2D eigenvalue weighted by Crippen LogP contribution is -2.30. The number of hydrogen-bond acceptors (Lipinski definition) is 3. The fourth-order valence-corrected chi connectivity index (χ4v) is 2.65. The maximum atomic E-state index is 5.58. The second-order valence-corrected chi connectivity index (χ2v) is 4.71. The van der Waals surface area contributed by atoms with Gasteiger partial charge in [-0.2, -0.15) is 0 Å². The van der Waals surface area contributed by atoms with Crippen LogP contribution in [0.15, 0.2) is 42.7 Å². The summed E-state index contributed by atoms with van der Waals surface area (Å²) in [7, 11) is 0. The summed E-state index contributed by atoms with van der Waals surface area (Å²) in [5.41, 5.74) is 3.99. The van der Waals surface area contributed by atoms with Crippen LogP contribution in [0.25, 0.3) is 0 Å². The van der Waals surface area contributed by atoms with E-state index in [0.717, 1.165) is 18.7 Å². The van der Waals surface area contributed by atoms with E-state index in [-0.39, 0.29) is 6.04 Å². The third-order valence-corrected chi connectivity index (χ3v) is 3.52. The van der Waals surface area contributed by atoms with Crippen LogP contribution in [0.1, 0.15) is 29.7 Å². The molecule has 1 aromatic heterocycles. The smallest absolute Gasteiger partial charge is 0.119 e. The minimum absolute atomic E-state index is 0.266. The molecule has 0 aliphatic carbocycles. The third kappa shape index (κ3) is 2.47. The molecule has 0 amide bonds. The average molecular weight is 254 g/mol. The maximum Gasteiger partial charge on any atom is 0.119 e. The van der Waals surface area contributed by atoms with Gasteiger partial charge >= 0.3 is 0 Å². The van der Waals surface area contributed by atoms with Crippen molar-refractivity contribution in [1.82, 2.24) is 10.3 Å². The molecule has 1 aliphatic heterocycles. The standard InChI is InChI=1S/C16H18N2O/c1-2-19-14-3-4-15-13(11-14)7-10-18-16(15)12-5-8-17-9-6-12/h3-6,8-9,11,16,18H,2,7,10H2,1H3. The molecule has 3 nitrogen and oxygen atoms in total. The van der Waals surface area contributed by atoms with Gasteiger partial charge in [-0.1, -0.05) is 6.07 Å². The molecular weight excluding hydrogens is 236 g/mol. The summed E-state index contributed by atoms with van der Waals surface area (Å²) in [5, 5.41) is 3.57. The molecule has 1 aromatic carbocycles. The number of benzene rings is 1. The highest BCUT2D eigenvalue weighted by Gasteiger charge is 2.21. The number of nitrogens with one attached hydrogen (secondary N) is 1. The van der Waals surface area contributed by atoms with E-state index >= 15 is 0 Å². The molecule has 98 valence electrons. The van der Waals surface area contributed by atoms with Gasteiger partial charge in [-0.15, -0.1) is 0 Å². The lowest BCUT2D eigenvalue weighted by molar-refractivity contribution is 0.339. The number of hydrogen-bond donors (Lipinski definition) is 1. The van der Waals surface area contributed by atoms with E-state index < -0.39 is 0 Å². The molecule has 0 bridgehead atoms. The van der Waals surface area contributed by atoms with Gasteiger partial charge in [-0.3, -0.25) is 4.98 Å². The first-order chi connectivity index (χ1) is 9.38. The Kier molecular flexibility index (Phi) is 3.47. The number of pyridine rings is 1. The minimum Gasteiger partial charge on any atom is -0.494 e. The Morgan fingerprint density at radius 1 is 1.26 bits per heavy atom. The Balaban J connectivity index is 1.96. The summed E-state index contributed by atoms with van der Waals surface area (Å²) >= 11 is 0. The molecule has 1 aliphatic rings. The van der Waals surface area contributed by atoms with Crippen molar-refractivity contribution in [3.63, 3.8) is 0 Å². The molecule has 0 saturated carbocycles. The third-order valence-electron chi connectivity index (χ3n) is 3.52. The highest BCUT2D eigenvalue weighted by molar-refractivity contribution is 5.43. The van der Waals surface area contributed by atoms with Crippen LogP contribution >= 0.6 is 0 Å². The molecule has 1 unspecified atom stereocenters. The first-order valence-electron chi connectivity index (χ1n) is 6.77. The van der Waals surface area contributed by atoms with Gasteiger partial charge in [0.05, 0.1) is 12.6 Å². The highest BCUT2D eigenvalue weighted by Crippen LogP contribution is 2.30. The van der Waals surface area contributed by atoms with Gasteiger partial charge < -0.3 is 10.1 Å². The maximum absolute atomic E-state index is 5.58. The first-order valence-corrected chi connectivity index (χ1v) is 6.77. The van der Waals surface area contributed by atoms with Crippen molar-refractivity contribution in [2.45, 2.75) is 19.4 Å². The number of aromatic nitrogens is 1. The Bertz CT molecular complexity index is 554. The molecule has 0 fully saturated rings. The zero-order valence-electron chi connectivity index (χ0n) is 11.1. The number of nitrogens with zero attached hydrogens (tertiary/aromatic N) is 1. The van der Waals surface area contributed by atoms with Crippen molar-refractivity contribution < 1.29 is 4.74 Å². The molecule has 0 spiro atoms. The zero-order valence-corrected chi connectivity index (χ0v) is 11.1. The molecule has 3 heteroatoms. The van der Waals surface area contributed by atoms with Gasteiger partial charge in [0.15, 0.2) is 0 Å². The van der Waals surface area contributed by atoms with Crippen LogP contribution in [0.2, 0.25) is 0 Å². The first kappa shape index (κ1) is 12.2. The van der Waals surface area contributed by atoms with Gasteiger partial charge in [0.1, 0.15) is 5.75 Å². The molecular formula is C16H18N2O. The van der Waals surface area contributed by atoms with Crippen molar-refractivity contribution in [1.29, 1.82) is 0 Å². The van der Waals surface area contributed by atoms with E-state index in [0.29, 0.717) is 6.61 Å². The monoisotopic (exact) mass is 254 g/mol. The van der Waals surface area contributed by atoms with Gasteiger partial charge in [0, 0.05) is 18.9 Å². The summed E-state index contributed by atoms with van der Waals surface area (Å²) in [5.74, 6) is 0.969. The lowest BCUT2D eigenvalue weighted by Gasteiger charge is -2.27. The van der Waals surface area contributed by atoms with Gasteiger partial charge in [-0.05, 0) is 54.3 Å². The molecule has 19 heavy (non-hydrogen) atoms. The number of ether oxygens (including phenoxy) is 1. The summed E-state index contributed by atoms with van der Waals surface area (Å²) in [6.45, 7) is 3.72. The second-order valence-electron chi connectivity index (χ2n) is 4.71. The molecule has 2 heterocycles. The van der Waals surface area contributed by atoms with E-state index in [1.807, 2.05) is 19.3 Å². The largest absolute Gasteiger partial charge is 0.494 e. The summed E-state index contributed by atoms with van der Waals surface area (Å²) in [6.07, 6.45) is 4.75. The normalized spacial score (nSPS) is 17.8. The molecule has 1 atom stereocenters. The second kappa shape index (κ2) is 5.41. The van der Waals surface area contributed by atoms with Crippen molar-refractivity contribution in [3.05, 3.63) is 59.4 Å². The van der Waals surface area contributed by atoms with Crippen LogP contribution in [0.5, 0.6) is 5.75 Å². The van der Waals surface area contributed by atoms with Crippen molar-refractivity contribution in [2.75, 3.05) is 13.2 Å². The Labute approximate surface area is 113 Å². The van der Waals surface area contributed by atoms with E-state index in [4.69, 9.17) is 4.74 Å². The fraction of sp³-hybridized carbons (Fsp3) is 0.312. The van der Waals surface area contributed by atoms with Crippen LogP contribution in [0.4, 0.5) is 0 Å². The predicted molar refractivity (Wildman–Crippen MR) is 75.4 cm³/mol. The van der Waals surface area contributed by atoms with Gasteiger partial charge in [0.25, 0.3) is 0 Å². The Morgan fingerprint density at radius 3 is 2.89 bits per heavy atom. The number of fused-ring (bicyclic) bond motifs is 1. The molecule has 0 saturated heterocycles. The van der Waals surface area contributed by atoms with Gasteiger partial charge in [0.2, 0.25) is 0 Å². The quantitative estimate of drug-likeness (QED) is 0.914. The average Bonchev–Trinajstić information content (AvgIpc) is 2.48. The van der Waals surface area contributed by atoms with Crippen LogP contribution < -0.4 is 10.1 Å². The molecule has 1 N–H and O–H groups in total. The van der Waals surface area contributed by atoms with E-state index in [1.165, 1.54) is 16.7 Å². The fourth-order valence-electron chi connectivity index (χ4n) is 2.65. The zero-order chi connectivity index (χ0) is 13.1. The minimum atomic E-state index is 0.266. The summed E-state index contributed by atoms with van der Waals surface area (Å²) in [6, 6.07) is 10.8. The highest BCUT2D eigenvalue weighted by atomic mass is 16.5. The van der Waals surface area contributed by atoms with Crippen molar-refractivity contribution in [3.8, 4) is 5.75 Å². The Morgan fingerprint density at radius 2 is 2.11 bits per heavy atom. The van der Waals surface area contributed by atoms with E-state index in [1.54, 1.807) is 0 Å². The van der Waals surface area contributed by atoms with E-state index in [2.05, 4.69) is 40.6 Å². The van der Waals surface area contributed by atoms with Crippen molar-refractivity contribution in [2.24, 2.45) is 0 Å². The Hall–Kier alpha value is -1.87. The van der Waals surface area contributed by atoms with Crippen molar-refractivity contribution >= 4 is 0 Å². The predicted octanol–water partition coefficient (Wildman–Crippen LogP) is 2.72. The van der Waals surface area contributed by atoms with E-state index in [9.17, 15) is 0 Å². The molecule has 3 rings (SSSR count). The molecule has 0 radical (unpaired) electrons. The number of rotatable bonds is 3. The van der Waals surface area contributed by atoms with Crippen LogP contribution in [0.3, 0.4) is 0 Å². The topological polar surface area (TPSA) is 34.1 Å². The summed E-state index contributed by atoms with van der Waals surface area (Å²) in [4.78, 5) is 4.09. The van der Waals surface area contributed by atoms with Crippen LogP contribution in [-0.2, 0) is 6.42 Å². The van der Waals surface area contributed by atoms with Crippen LogP contribution in [0, 0.1) is 0 Å². The summed E-state index contributed by atoms with van der Waals surface area (Å²) < 4.78 is 5.58. The SMILES string of the molecule is CCOc1ccc2c(c1)CCNC2c1ccncc1. The molecule has 2 aromatic rings. The lowest BCUT2D eigenvalue weighted by atomic mass is 9.90. The van der Waals surface area contributed by atoms with Crippen LogP contribution in [-0.4, -0.2) is 18.1 Å².